The van der Waals surface area contributed by atoms with E-state index in [0.29, 0.717) is 21.8 Å². The topological polar surface area (TPSA) is 82.7 Å². The summed E-state index contributed by atoms with van der Waals surface area (Å²) in [4.78, 5) is 39.8. The average molecular weight is 385 g/mol. The second-order valence-electron chi connectivity index (χ2n) is 5.18. The maximum absolute atomic E-state index is 12.7. The molecule has 11 heteroatoms. The summed E-state index contributed by atoms with van der Waals surface area (Å²) >= 11 is 1.22. The van der Waals surface area contributed by atoms with Crippen LogP contribution in [0.25, 0.3) is 4.96 Å². The number of ether oxygens (including phenoxy) is 1. The fourth-order valence-electron chi connectivity index (χ4n) is 2.12. The Kier molecular flexibility index (Phi) is 4.64. The third kappa shape index (κ3) is 3.82. The van der Waals surface area contributed by atoms with Gasteiger partial charge < -0.3 is 9.30 Å². The van der Waals surface area contributed by atoms with E-state index in [1.54, 1.807) is 11.6 Å². The Morgan fingerprint density at radius 2 is 2.00 bits per heavy atom. The van der Waals surface area contributed by atoms with Crippen LogP contribution < -0.4 is 11.1 Å². The zero-order valence-corrected chi connectivity index (χ0v) is 13.7. The second kappa shape index (κ2) is 6.75. The molecule has 0 aliphatic carbocycles. The lowest BCUT2D eigenvalue weighted by Gasteiger charge is -2.10. The first kappa shape index (κ1) is 17.9. The number of rotatable bonds is 4. The van der Waals surface area contributed by atoms with Crippen molar-refractivity contribution in [3.8, 4) is 0 Å². The minimum atomic E-state index is -4.64. The van der Waals surface area contributed by atoms with Crippen molar-refractivity contribution in [2.24, 2.45) is 0 Å². The number of esters is 1. The summed E-state index contributed by atoms with van der Waals surface area (Å²) in [6.45, 7) is -1.03. The van der Waals surface area contributed by atoms with Crippen molar-refractivity contribution in [1.82, 2.24) is 14.0 Å². The first-order valence-electron chi connectivity index (χ1n) is 7.13. The molecule has 3 aromatic heterocycles. The summed E-state index contributed by atoms with van der Waals surface area (Å²) in [6.07, 6.45) is -2.54. The minimum Gasteiger partial charge on any atom is -0.458 e. The number of hydrogen-bond acceptors (Lipinski definition) is 6. The van der Waals surface area contributed by atoms with Gasteiger partial charge in [-0.2, -0.15) is 13.2 Å². The summed E-state index contributed by atoms with van der Waals surface area (Å²) in [6, 6.07) is 2.55. The molecule has 0 radical (unpaired) electrons. The Morgan fingerprint density at radius 1 is 1.23 bits per heavy atom. The van der Waals surface area contributed by atoms with Crippen LogP contribution in [0.4, 0.5) is 13.2 Å². The first-order chi connectivity index (χ1) is 12.2. The van der Waals surface area contributed by atoms with Crippen molar-refractivity contribution >= 4 is 22.3 Å². The van der Waals surface area contributed by atoms with Gasteiger partial charge in [-0.3, -0.25) is 18.8 Å². The van der Waals surface area contributed by atoms with Crippen molar-refractivity contribution in [2.45, 2.75) is 19.3 Å². The lowest BCUT2D eigenvalue weighted by atomic mass is 10.3. The van der Waals surface area contributed by atoms with E-state index < -0.39 is 29.8 Å². The van der Waals surface area contributed by atoms with E-state index in [9.17, 15) is 27.6 Å². The van der Waals surface area contributed by atoms with Gasteiger partial charge in [0, 0.05) is 29.9 Å². The maximum atomic E-state index is 12.7. The molecular formula is C15H10F3N3O4S. The second-order valence-corrected chi connectivity index (χ2v) is 6.06. The number of carbonyl (C=O) groups is 1. The molecule has 0 fully saturated rings. The molecule has 0 aliphatic rings. The molecule has 0 amide bonds. The Labute approximate surface area is 146 Å². The molecule has 0 N–H and O–H groups in total. The highest BCUT2D eigenvalue weighted by molar-refractivity contribution is 7.15. The molecule has 0 saturated carbocycles. The lowest BCUT2D eigenvalue weighted by molar-refractivity contribution is -0.146. The third-order valence-corrected chi connectivity index (χ3v) is 4.10. The Hall–Kier alpha value is -2.95. The maximum Gasteiger partial charge on any atom is 0.417 e. The normalized spacial score (nSPS) is 11.7. The molecule has 136 valence electrons. The molecule has 0 spiro atoms. The highest BCUT2D eigenvalue weighted by Crippen LogP contribution is 2.27. The monoisotopic (exact) mass is 385 g/mol. The molecule has 0 bridgehead atoms. The number of hydrogen-bond donors (Lipinski definition) is 0. The Morgan fingerprint density at radius 3 is 2.73 bits per heavy atom. The van der Waals surface area contributed by atoms with E-state index in [1.807, 2.05) is 0 Å². The summed E-state index contributed by atoms with van der Waals surface area (Å²) < 4.78 is 44.9. The van der Waals surface area contributed by atoms with Gasteiger partial charge in [0.25, 0.3) is 11.1 Å². The molecule has 26 heavy (non-hydrogen) atoms. The van der Waals surface area contributed by atoms with E-state index in [-0.39, 0.29) is 17.9 Å². The van der Waals surface area contributed by atoms with Gasteiger partial charge in [-0.25, -0.2) is 4.98 Å². The van der Waals surface area contributed by atoms with Gasteiger partial charge >= 0.3 is 12.1 Å². The van der Waals surface area contributed by atoms with Gasteiger partial charge in [0.05, 0.1) is 11.3 Å². The van der Waals surface area contributed by atoms with Crippen molar-refractivity contribution in [3.63, 3.8) is 0 Å². The molecule has 0 aliphatic heterocycles. The number of alkyl halides is 3. The van der Waals surface area contributed by atoms with E-state index in [0.717, 1.165) is 6.07 Å². The highest BCUT2D eigenvalue weighted by Gasteiger charge is 2.31. The molecule has 7 nitrogen and oxygen atoms in total. The fourth-order valence-corrected chi connectivity index (χ4v) is 2.86. The molecular weight excluding hydrogens is 375 g/mol. The molecule has 3 heterocycles. The van der Waals surface area contributed by atoms with Crippen LogP contribution in [0.1, 0.15) is 11.3 Å². The van der Waals surface area contributed by atoms with Crippen LogP contribution >= 0.6 is 11.3 Å². The van der Waals surface area contributed by atoms with Crippen molar-refractivity contribution in [2.75, 3.05) is 0 Å². The van der Waals surface area contributed by atoms with E-state index in [4.69, 9.17) is 4.74 Å². The largest absolute Gasteiger partial charge is 0.458 e. The van der Waals surface area contributed by atoms with Crippen LogP contribution in [0, 0.1) is 0 Å². The van der Waals surface area contributed by atoms with Gasteiger partial charge in [0.1, 0.15) is 13.2 Å². The summed E-state index contributed by atoms with van der Waals surface area (Å²) in [5.41, 5.74) is -1.98. The fraction of sp³-hybridized carbons (Fsp3) is 0.200. The SMILES string of the molecule is O=C(Cn1cc(C(F)(F)F)ccc1=O)OCc1cc(=O)n2ccsc2n1. The van der Waals surface area contributed by atoms with Crippen LogP contribution in [-0.2, 0) is 28.9 Å². The Balaban J connectivity index is 1.71. The molecule has 0 atom stereocenters. The smallest absolute Gasteiger partial charge is 0.417 e. The minimum absolute atomic E-state index is 0.196. The van der Waals surface area contributed by atoms with Gasteiger partial charge in [-0.15, -0.1) is 11.3 Å². The predicted molar refractivity (Wildman–Crippen MR) is 84.8 cm³/mol. The van der Waals surface area contributed by atoms with Crippen LogP contribution in [0.5, 0.6) is 0 Å². The van der Waals surface area contributed by atoms with Gasteiger partial charge in [0.15, 0.2) is 4.96 Å². The quantitative estimate of drug-likeness (QED) is 0.638. The molecule has 3 aromatic rings. The van der Waals surface area contributed by atoms with E-state index in [2.05, 4.69) is 4.98 Å². The van der Waals surface area contributed by atoms with Crippen LogP contribution in [-0.4, -0.2) is 19.9 Å². The summed E-state index contributed by atoms with van der Waals surface area (Å²) in [7, 11) is 0. The number of aromatic nitrogens is 3. The van der Waals surface area contributed by atoms with Crippen LogP contribution in [0.3, 0.4) is 0 Å². The first-order valence-corrected chi connectivity index (χ1v) is 8.01. The van der Waals surface area contributed by atoms with E-state index >= 15 is 0 Å². The third-order valence-electron chi connectivity index (χ3n) is 3.35. The number of thiazole rings is 1. The van der Waals surface area contributed by atoms with Crippen LogP contribution in [0.2, 0.25) is 0 Å². The Bertz CT molecular complexity index is 1080. The summed E-state index contributed by atoms with van der Waals surface area (Å²) in [5.74, 6) is -0.931. The van der Waals surface area contributed by atoms with Gasteiger partial charge in [0.2, 0.25) is 0 Å². The van der Waals surface area contributed by atoms with Crippen molar-refractivity contribution < 1.29 is 22.7 Å². The molecule has 0 aromatic carbocycles. The highest BCUT2D eigenvalue weighted by atomic mass is 32.1. The lowest BCUT2D eigenvalue weighted by Crippen LogP contribution is -2.26. The summed E-state index contributed by atoms with van der Waals surface area (Å²) in [5, 5.41) is 1.67. The molecule has 0 saturated heterocycles. The zero-order valence-electron chi connectivity index (χ0n) is 12.9. The van der Waals surface area contributed by atoms with E-state index in [1.165, 1.54) is 21.8 Å². The van der Waals surface area contributed by atoms with Crippen molar-refractivity contribution in [3.05, 3.63) is 67.9 Å². The number of halogens is 3. The average Bonchev–Trinajstić information content (AvgIpc) is 3.03. The number of pyridine rings is 1. The predicted octanol–water partition coefficient (Wildman–Crippen LogP) is 1.68. The van der Waals surface area contributed by atoms with Crippen LogP contribution in [0.15, 0.2) is 45.6 Å². The van der Waals surface area contributed by atoms with Crippen molar-refractivity contribution in [1.29, 1.82) is 0 Å². The number of nitrogens with zero attached hydrogens (tertiary/aromatic N) is 3. The number of fused-ring (bicyclic) bond motifs is 1. The molecule has 0 unspecified atom stereocenters. The van der Waals surface area contributed by atoms with Gasteiger partial charge in [-0.1, -0.05) is 0 Å². The number of carbonyl (C=O) groups excluding carboxylic acids is 1. The zero-order chi connectivity index (χ0) is 18.9. The molecule has 3 rings (SSSR count). The van der Waals surface area contributed by atoms with Gasteiger partial charge in [-0.05, 0) is 6.07 Å². The standard InChI is InChI=1S/C15H10F3N3O4S/c16-15(17,18)9-1-2-11(22)20(6-9)7-13(24)25-8-10-5-12(23)21-3-4-26-14(21)19-10/h1-6H,7-8H2.